The third-order valence-electron chi connectivity index (χ3n) is 3.26. The number of aryl methyl sites for hydroxylation is 1. The molecule has 1 aliphatic heterocycles. The van der Waals surface area contributed by atoms with Gasteiger partial charge in [0.05, 0.1) is 6.61 Å². The van der Waals surface area contributed by atoms with Gasteiger partial charge in [-0.05, 0) is 61.3 Å². The molecule has 0 saturated carbocycles. The predicted molar refractivity (Wildman–Crippen MR) is 77.9 cm³/mol. The van der Waals surface area contributed by atoms with Crippen molar-refractivity contribution in [2.45, 2.75) is 26.7 Å². The van der Waals surface area contributed by atoms with Crippen molar-refractivity contribution < 1.29 is 9.53 Å². The van der Waals surface area contributed by atoms with Crippen molar-refractivity contribution in [3.05, 3.63) is 29.3 Å². The minimum absolute atomic E-state index is 0.306. The summed E-state index contributed by atoms with van der Waals surface area (Å²) >= 11 is 0. The second-order valence-electron chi connectivity index (χ2n) is 4.70. The highest BCUT2D eigenvalue weighted by Gasteiger charge is 2.27. The van der Waals surface area contributed by atoms with Crippen LogP contribution >= 0.6 is 0 Å². The Hall–Kier alpha value is -0.960. The van der Waals surface area contributed by atoms with Crippen molar-refractivity contribution in [3.63, 3.8) is 0 Å². The van der Waals surface area contributed by atoms with Gasteiger partial charge in [0.15, 0.2) is 5.75 Å². The van der Waals surface area contributed by atoms with Gasteiger partial charge in [0.1, 0.15) is 17.3 Å². The van der Waals surface area contributed by atoms with Crippen LogP contribution < -0.4 is 4.74 Å². The summed E-state index contributed by atoms with van der Waals surface area (Å²) in [6.45, 7) is 4.62. The second kappa shape index (κ2) is 6.28. The highest BCUT2D eigenvalue weighted by molar-refractivity contribution is 7.97. The monoisotopic (exact) mass is 265 g/mol. The summed E-state index contributed by atoms with van der Waals surface area (Å²) in [5.74, 6) is 4.41. The molecule has 1 saturated heterocycles. The lowest BCUT2D eigenvalue weighted by atomic mass is 10.1. The van der Waals surface area contributed by atoms with Crippen molar-refractivity contribution in [1.29, 1.82) is 0 Å². The molecule has 1 aromatic carbocycles. The Kier molecular flexibility index (Phi) is 4.70. The maximum atomic E-state index is 12.3. The van der Waals surface area contributed by atoms with E-state index in [-0.39, 0.29) is 0 Å². The van der Waals surface area contributed by atoms with E-state index in [4.69, 9.17) is 4.74 Å². The fourth-order valence-electron chi connectivity index (χ4n) is 2.33. The normalized spacial score (nSPS) is 15.9. The summed E-state index contributed by atoms with van der Waals surface area (Å²) in [5.41, 5.74) is 1.91. The van der Waals surface area contributed by atoms with Gasteiger partial charge < -0.3 is 4.74 Å². The van der Waals surface area contributed by atoms with E-state index >= 15 is 0 Å². The van der Waals surface area contributed by atoms with Gasteiger partial charge in [-0.25, -0.2) is 0 Å². The van der Waals surface area contributed by atoms with E-state index in [1.54, 1.807) is 0 Å². The van der Waals surface area contributed by atoms with Crippen molar-refractivity contribution in [1.82, 2.24) is 0 Å². The van der Waals surface area contributed by atoms with Gasteiger partial charge in [0.25, 0.3) is 0 Å². The molecule has 0 spiro atoms. The van der Waals surface area contributed by atoms with Crippen LogP contribution in [0.5, 0.6) is 5.75 Å². The summed E-state index contributed by atoms with van der Waals surface area (Å²) in [6, 6.07) is 5.79. The molecule has 98 valence electrons. The lowest BCUT2D eigenvalue weighted by molar-refractivity contribution is 0.102. The van der Waals surface area contributed by atoms with E-state index in [9.17, 15) is 4.79 Å². The molecule has 0 amide bonds. The molecule has 1 fully saturated rings. The molecule has 18 heavy (non-hydrogen) atoms. The second-order valence-corrected chi connectivity index (χ2v) is 7.03. The van der Waals surface area contributed by atoms with Crippen LogP contribution in [0.2, 0.25) is 0 Å². The number of carbonyl (C=O) groups is 1. The maximum absolute atomic E-state index is 12.3. The first kappa shape index (κ1) is 13.5. The van der Waals surface area contributed by atoms with E-state index in [2.05, 4.69) is 0 Å². The Bertz CT molecular complexity index is 423. The summed E-state index contributed by atoms with van der Waals surface area (Å²) in [7, 11) is 0.344. The first-order valence-corrected chi connectivity index (χ1v) is 8.34. The van der Waals surface area contributed by atoms with Crippen LogP contribution in [0.15, 0.2) is 18.2 Å². The van der Waals surface area contributed by atoms with Crippen LogP contribution in [0.25, 0.3) is 0 Å². The number of rotatable bonds is 5. The third kappa shape index (κ3) is 3.29. The molecule has 0 aromatic heterocycles. The first-order valence-electron chi connectivity index (χ1n) is 6.61. The number of ketones is 1. The molecule has 0 unspecified atom stereocenters. The molecule has 0 N–H and O–H groups in total. The van der Waals surface area contributed by atoms with Crippen LogP contribution in [0.4, 0.5) is 0 Å². The zero-order chi connectivity index (χ0) is 13.0. The molecule has 1 aliphatic rings. The number of hydrogen-bond donors (Lipinski definition) is 0. The highest BCUT2D eigenvalue weighted by atomic mass is 32.2. The topological polar surface area (TPSA) is 26.3 Å². The zero-order valence-electron chi connectivity index (χ0n) is 11.2. The molecule has 0 atom stereocenters. The quantitative estimate of drug-likeness (QED) is 0.604. The minimum Gasteiger partial charge on any atom is -0.494 e. The molecular formula is C15H21O2S+. The van der Waals surface area contributed by atoms with Gasteiger partial charge in [-0.3, -0.25) is 4.79 Å². The van der Waals surface area contributed by atoms with Gasteiger partial charge in [-0.15, -0.1) is 0 Å². The summed E-state index contributed by atoms with van der Waals surface area (Å²) < 4.78 is 5.45. The Morgan fingerprint density at radius 3 is 2.67 bits per heavy atom. The third-order valence-corrected chi connectivity index (χ3v) is 5.66. The van der Waals surface area contributed by atoms with Gasteiger partial charge >= 0.3 is 0 Å². The Morgan fingerprint density at radius 2 is 2.06 bits per heavy atom. The summed E-state index contributed by atoms with van der Waals surface area (Å²) in [5, 5.41) is 0. The van der Waals surface area contributed by atoms with E-state index in [0.717, 1.165) is 22.6 Å². The van der Waals surface area contributed by atoms with Crippen LogP contribution in [-0.2, 0) is 10.9 Å². The minimum atomic E-state index is 0.306. The molecular weight excluding hydrogens is 244 g/mol. The SMILES string of the molecule is CCOc1ccc(C(=O)C[S+]2CCCC2)c(C)c1. The van der Waals surface area contributed by atoms with Gasteiger partial charge in [-0.1, -0.05) is 0 Å². The molecule has 0 aliphatic carbocycles. The van der Waals surface area contributed by atoms with E-state index in [0.29, 0.717) is 23.3 Å². The fraction of sp³-hybridized carbons (Fsp3) is 0.533. The van der Waals surface area contributed by atoms with E-state index < -0.39 is 0 Å². The summed E-state index contributed by atoms with van der Waals surface area (Å²) in [6.07, 6.45) is 2.61. The highest BCUT2D eigenvalue weighted by Crippen LogP contribution is 2.20. The van der Waals surface area contributed by atoms with Crippen molar-refractivity contribution in [2.75, 3.05) is 23.9 Å². The largest absolute Gasteiger partial charge is 0.494 e. The number of ether oxygens (including phenoxy) is 1. The molecule has 0 bridgehead atoms. The Labute approximate surface area is 112 Å². The van der Waals surface area contributed by atoms with Crippen molar-refractivity contribution in [3.8, 4) is 5.75 Å². The lowest BCUT2D eigenvalue weighted by Crippen LogP contribution is -2.18. The lowest BCUT2D eigenvalue weighted by Gasteiger charge is -2.08. The Morgan fingerprint density at radius 1 is 1.33 bits per heavy atom. The van der Waals surface area contributed by atoms with Crippen LogP contribution in [0.3, 0.4) is 0 Å². The molecule has 3 heteroatoms. The van der Waals surface area contributed by atoms with Crippen LogP contribution in [-0.4, -0.2) is 29.6 Å². The number of benzene rings is 1. The maximum Gasteiger partial charge on any atom is 0.212 e. The van der Waals surface area contributed by atoms with Gasteiger partial charge in [0.2, 0.25) is 5.78 Å². The standard InChI is InChI=1S/C15H21O2S/c1-3-17-13-6-7-14(12(2)10-13)15(16)11-18-8-4-5-9-18/h6-7,10H,3-5,8-9,11H2,1-2H3/q+1. The molecule has 1 heterocycles. The number of carbonyl (C=O) groups excluding carboxylic acids is 1. The van der Waals surface area contributed by atoms with E-state index in [1.165, 1.54) is 24.3 Å². The van der Waals surface area contributed by atoms with Crippen LogP contribution in [0, 0.1) is 6.92 Å². The fourth-order valence-corrected chi connectivity index (χ4v) is 4.57. The van der Waals surface area contributed by atoms with Gasteiger partial charge in [0, 0.05) is 5.56 Å². The van der Waals surface area contributed by atoms with Gasteiger partial charge in [-0.2, -0.15) is 0 Å². The van der Waals surface area contributed by atoms with Crippen molar-refractivity contribution in [2.24, 2.45) is 0 Å². The number of Topliss-reactive ketones (excluding diaryl/α,β-unsaturated/α-hetero) is 1. The Balaban J connectivity index is 2.05. The average Bonchev–Trinajstić information content (AvgIpc) is 2.82. The number of hydrogen-bond acceptors (Lipinski definition) is 2. The predicted octanol–water partition coefficient (Wildman–Crippen LogP) is 2.99. The molecule has 0 radical (unpaired) electrons. The molecule has 2 rings (SSSR count). The summed E-state index contributed by atoms with van der Waals surface area (Å²) in [4.78, 5) is 12.3. The zero-order valence-corrected chi connectivity index (χ0v) is 12.0. The smallest absolute Gasteiger partial charge is 0.212 e. The van der Waals surface area contributed by atoms with Crippen LogP contribution in [0.1, 0.15) is 35.7 Å². The average molecular weight is 265 g/mol. The molecule has 2 nitrogen and oxygen atoms in total. The molecule has 1 aromatic rings. The van der Waals surface area contributed by atoms with Crippen molar-refractivity contribution >= 4 is 16.7 Å². The van der Waals surface area contributed by atoms with E-state index in [1.807, 2.05) is 32.0 Å². The first-order chi connectivity index (χ1) is 8.70.